The molecule has 7 nitrogen and oxygen atoms in total. The van der Waals surface area contributed by atoms with Crippen LogP contribution in [0.1, 0.15) is 0 Å². The van der Waals surface area contributed by atoms with Gasteiger partial charge >= 0.3 is 0 Å². The van der Waals surface area contributed by atoms with Crippen molar-refractivity contribution in [1.82, 2.24) is 33.6 Å². The Morgan fingerprint density at radius 1 is 0.378 bits per heavy atom. The normalized spacial score (nSPS) is 12.0. The molecule has 0 radical (unpaired) electrons. The van der Waals surface area contributed by atoms with Crippen molar-refractivity contribution in [2.75, 3.05) is 0 Å². The van der Waals surface area contributed by atoms with Crippen molar-refractivity contribution >= 4 is 65.8 Å². The van der Waals surface area contributed by atoms with Crippen molar-refractivity contribution in [2.45, 2.75) is 0 Å². The van der Waals surface area contributed by atoms with Gasteiger partial charge in [-0.2, -0.15) is 0 Å². The summed E-state index contributed by atoms with van der Waals surface area (Å²) in [5.74, 6) is 0.838. The standard InChI is InChI=1S/C38H23N7/c1-3-11-30-28(8-1)36-32(13-6-19-39-36)43(30)24-15-17-26-27-10-5-21-41-38(27)44(34(26)22-24)25-16-18-35(42-23-25)45-31-12-4-2-9-29(31)37-33(45)14-7-20-40-37/h1-23H. The predicted molar refractivity (Wildman–Crippen MR) is 181 cm³/mol. The zero-order valence-corrected chi connectivity index (χ0v) is 23.9. The van der Waals surface area contributed by atoms with E-state index in [1.807, 2.05) is 43.0 Å². The fourth-order valence-electron chi connectivity index (χ4n) is 6.97. The van der Waals surface area contributed by atoms with Crippen LogP contribution in [0, 0.1) is 0 Å². The quantitative estimate of drug-likeness (QED) is 0.211. The third-order valence-corrected chi connectivity index (χ3v) is 8.84. The van der Waals surface area contributed by atoms with Crippen molar-refractivity contribution in [3.63, 3.8) is 0 Å². The second kappa shape index (κ2) is 9.08. The van der Waals surface area contributed by atoms with Crippen LogP contribution in [0.25, 0.3) is 83.0 Å². The Morgan fingerprint density at radius 2 is 0.978 bits per heavy atom. The van der Waals surface area contributed by atoms with Gasteiger partial charge in [0.15, 0.2) is 0 Å². The Hall–Kier alpha value is -6.34. The van der Waals surface area contributed by atoms with Gasteiger partial charge in [-0.25, -0.2) is 9.97 Å². The van der Waals surface area contributed by atoms with Crippen LogP contribution < -0.4 is 0 Å². The molecule has 10 rings (SSSR count). The molecule has 0 spiro atoms. The summed E-state index contributed by atoms with van der Waals surface area (Å²) in [6.45, 7) is 0. The van der Waals surface area contributed by atoms with Crippen molar-refractivity contribution in [3.05, 3.63) is 140 Å². The van der Waals surface area contributed by atoms with E-state index in [-0.39, 0.29) is 0 Å². The maximum atomic E-state index is 5.02. The van der Waals surface area contributed by atoms with E-state index in [0.717, 1.165) is 83.0 Å². The minimum Gasteiger partial charge on any atom is -0.308 e. The number of rotatable bonds is 3. The van der Waals surface area contributed by atoms with E-state index in [2.05, 4.69) is 116 Å². The number of hydrogen-bond donors (Lipinski definition) is 0. The molecule has 0 fully saturated rings. The molecular formula is C38H23N7. The third kappa shape index (κ3) is 3.34. The summed E-state index contributed by atoms with van der Waals surface area (Å²) in [6.07, 6.45) is 7.49. The van der Waals surface area contributed by atoms with Gasteiger partial charge in [-0.05, 0) is 72.8 Å². The molecule has 210 valence electrons. The third-order valence-electron chi connectivity index (χ3n) is 8.84. The highest BCUT2D eigenvalue weighted by atomic mass is 15.1. The van der Waals surface area contributed by atoms with Crippen molar-refractivity contribution in [2.24, 2.45) is 0 Å². The zero-order valence-electron chi connectivity index (χ0n) is 23.9. The van der Waals surface area contributed by atoms with E-state index in [4.69, 9.17) is 15.0 Å². The molecule has 7 heterocycles. The second-order valence-electron chi connectivity index (χ2n) is 11.2. The Balaban J connectivity index is 1.20. The lowest BCUT2D eigenvalue weighted by Crippen LogP contribution is -2.01. The van der Waals surface area contributed by atoms with Gasteiger partial charge in [-0.15, -0.1) is 0 Å². The summed E-state index contributed by atoms with van der Waals surface area (Å²) < 4.78 is 6.69. The van der Waals surface area contributed by atoms with Crippen LogP contribution in [0.4, 0.5) is 0 Å². The molecule has 0 aliphatic heterocycles. The van der Waals surface area contributed by atoms with E-state index >= 15 is 0 Å². The van der Waals surface area contributed by atoms with Crippen molar-refractivity contribution in [1.29, 1.82) is 0 Å². The Labute approximate surface area is 256 Å². The van der Waals surface area contributed by atoms with Gasteiger partial charge in [0.25, 0.3) is 0 Å². The van der Waals surface area contributed by atoms with Crippen LogP contribution in [0.2, 0.25) is 0 Å². The van der Waals surface area contributed by atoms with E-state index in [0.29, 0.717) is 0 Å². The summed E-state index contributed by atoms with van der Waals surface area (Å²) >= 11 is 0. The topological polar surface area (TPSA) is 66.3 Å². The SMILES string of the molecule is c1ccc2c(c1)c1ncccc1n2-c1ccc2c3cccnc3n(-c3ccc(-n4c5ccccc5c5ncccc54)nc3)c2c1. The monoisotopic (exact) mass is 577 g/mol. The van der Waals surface area contributed by atoms with Gasteiger partial charge in [-0.1, -0.05) is 42.5 Å². The van der Waals surface area contributed by atoms with Gasteiger partial charge in [-0.3, -0.25) is 19.1 Å². The molecule has 3 aromatic carbocycles. The average Bonchev–Trinajstić information content (AvgIpc) is 3.74. The molecule has 0 amide bonds. The van der Waals surface area contributed by atoms with Crippen LogP contribution in [-0.4, -0.2) is 33.6 Å². The first-order valence-corrected chi connectivity index (χ1v) is 14.9. The summed E-state index contributed by atoms with van der Waals surface area (Å²) in [6, 6.07) is 40.0. The van der Waals surface area contributed by atoms with Gasteiger partial charge < -0.3 is 4.57 Å². The predicted octanol–water partition coefficient (Wildman–Crippen LogP) is 8.56. The Kier molecular flexibility index (Phi) is 4.87. The molecule has 7 heteroatoms. The van der Waals surface area contributed by atoms with Crippen LogP contribution in [-0.2, 0) is 0 Å². The minimum absolute atomic E-state index is 0.838. The maximum absolute atomic E-state index is 5.02. The molecular weight excluding hydrogens is 554 g/mol. The first-order chi connectivity index (χ1) is 22.3. The second-order valence-corrected chi connectivity index (χ2v) is 11.2. The van der Waals surface area contributed by atoms with Crippen LogP contribution in [0.5, 0.6) is 0 Å². The Morgan fingerprint density at radius 3 is 1.71 bits per heavy atom. The van der Waals surface area contributed by atoms with Gasteiger partial charge in [0.1, 0.15) is 11.5 Å². The molecule has 0 saturated heterocycles. The zero-order chi connectivity index (χ0) is 29.5. The first-order valence-electron chi connectivity index (χ1n) is 14.9. The van der Waals surface area contributed by atoms with E-state index in [1.54, 1.807) is 0 Å². The molecule has 45 heavy (non-hydrogen) atoms. The molecule has 0 bridgehead atoms. The number of aromatic nitrogens is 7. The fraction of sp³-hybridized carbons (Fsp3) is 0. The highest BCUT2D eigenvalue weighted by Crippen LogP contribution is 2.36. The first kappa shape index (κ1) is 24.1. The molecule has 0 atom stereocenters. The smallest absolute Gasteiger partial charge is 0.145 e. The minimum atomic E-state index is 0.838. The van der Waals surface area contributed by atoms with Crippen molar-refractivity contribution in [3.8, 4) is 17.2 Å². The molecule has 10 aromatic rings. The van der Waals surface area contributed by atoms with Crippen molar-refractivity contribution < 1.29 is 0 Å². The Bertz CT molecular complexity index is 2660. The van der Waals surface area contributed by atoms with Crippen LogP contribution >= 0.6 is 0 Å². The van der Waals surface area contributed by atoms with Crippen LogP contribution in [0.3, 0.4) is 0 Å². The van der Waals surface area contributed by atoms with Gasteiger partial charge in [0.05, 0.1) is 50.5 Å². The fourth-order valence-corrected chi connectivity index (χ4v) is 6.97. The molecule has 0 N–H and O–H groups in total. The number of nitrogens with zero attached hydrogens (tertiary/aromatic N) is 7. The molecule has 0 saturated carbocycles. The molecule has 0 aliphatic rings. The summed E-state index contributed by atoms with van der Waals surface area (Å²) in [5, 5.41) is 4.48. The highest BCUT2D eigenvalue weighted by Gasteiger charge is 2.18. The largest absolute Gasteiger partial charge is 0.308 e. The number of hydrogen-bond acceptors (Lipinski definition) is 4. The highest BCUT2D eigenvalue weighted by molar-refractivity contribution is 6.10. The summed E-state index contributed by atoms with van der Waals surface area (Å²) in [7, 11) is 0. The summed E-state index contributed by atoms with van der Waals surface area (Å²) in [5.41, 5.74) is 10.2. The lowest BCUT2D eigenvalue weighted by atomic mass is 10.1. The van der Waals surface area contributed by atoms with Crippen LogP contribution in [0.15, 0.2) is 140 Å². The molecule has 7 aromatic heterocycles. The lowest BCUT2D eigenvalue weighted by molar-refractivity contribution is 1.04. The number of benzene rings is 3. The number of pyridine rings is 4. The molecule has 0 unspecified atom stereocenters. The maximum Gasteiger partial charge on any atom is 0.145 e. The molecule has 0 aliphatic carbocycles. The summed E-state index contributed by atoms with van der Waals surface area (Å²) in [4.78, 5) is 19.3. The van der Waals surface area contributed by atoms with E-state index in [1.165, 1.54) is 0 Å². The van der Waals surface area contributed by atoms with E-state index < -0.39 is 0 Å². The lowest BCUT2D eigenvalue weighted by Gasteiger charge is -2.12. The van der Waals surface area contributed by atoms with Gasteiger partial charge in [0.2, 0.25) is 0 Å². The number of fused-ring (bicyclic) bond motifs is 9. The average molecular weight is 578 g/mol. The number of para-hydroxylation sites is 2. The van der Waals surface area contributed by atoms with E-state index in [9.17, 15) is 0 Å². The van der Waals surface area contributed by atoms with Gasteiger partial charge in [0, 0.05) is 45.8 Å².